The lowest BCUT2D eigenvalue weighted by atomic mass is 10.1. The lowest BCUT2D eigenvalue weighted by molar-refractivity contribution is -0.142. The van der Waals surface area contributed by atoms with Gasteiger partial charge in [-0.05, 0) is 25.6 Å². The first-order chi connectivity index (χ1) is 4.48. The van der Waals surface area contributed by atoms with Crippen LogP contribution in [-0.4, -0.2) is 18.1 Å². The van der Waals surface area contributed by atoms with E-state index in [4.69, 9.17) is 16.5 Å². The molecule has 0 atom stereocenters. The molecule has 0 fully saturated rings. The summed E-state index contributed by atoms with van der Waals surface area (Å²) < 4.78 is 4.71. The number of rotatable bonds is 3. The van der Waals surface area contributed by atoms with Crippen LogP contribution >= 0.6 is 11.8 Å². The van der Waals surface area contributed by atoms with Crippen molar-refractivity contribution in [1.82, 2.24) is 4.84 Å². The molecule has 0 saturated carbocycles. The molecule has 0 aliphatic rings. The second-order valence-electron chi connectivity index (χ2n) is 2.76. The summed E-state index contributed by atoms with van der Waals surface area (Å²) in [6.45, 7) is 5.32. The molecule has 0 rings (SSSR count). The van der Waals surface area contributed by atoms with E-state index in [9.17, 15) is 4.79 Å². The maximum absolute atomic E-state index is 10.3. The van der Waals surface area contributed by atoms with Gasteiger partial charge in [0.2, 0.25) is 0 Å². The smallest absolute Gasteiger partial charge is 0.302 e. The Labute approximate surface area is 65.8 Å². The summed E-state index contributed by atoms with van der Waals surface area (Å²) in [5.41, 5.74) is -0.354. The Kier molecular flexibility index (Phi) is 3.68. The van der Waals surface area contributed by atoms with Crippen molar-refractivity contribution in [3.05, 3.63) is 0 Å². The van der Waals surface area contributed by atoms with E-state index in [0.29, 0.717) is 0 Å². The normalized spacial score (nSPS) is 11.2. The number of halogens is 1. The minimum Gasteiger partial charge on any atom is -0.464 e. The summed E-state index contributed by atoms with van der Waals surface area (Å²) in [5.74, 6) is -0.292. The van der Waals surface area contributed by atoms with E-state index < -0.39 is 0 Å². The third-order valence-electron chi connectivity index (χ3n) is 0.892. The van der Waals surface area contributed by atoms with Gasteiger partial charge in [-0.2, -0.15) is 0 Å². The van der Waals surface area contributed by atoms with Crippen LogP contribution in [0, 0.1) is 0 Å². The first kappa shape index (κ1) is 9.72. The van der Waals surface area contributed by atoms with Gasteiger partial charge in [-0.15, -0.1) is 0 Å². The third-order valence-corrected chi connectivity index (χ3v) is 1.40. The molecule has 3 nitrogen and oxygen atoms in total. The molecule has 0 bridgehead atoms. The number of carbonyl (C=O) groups is 1. The molecule has 0 heterocycles. The SMILES string of the molecule is CC(=O)OCC(C)(C)NCl. The van der Waals surface area contributed by atoms with Crippen LogP contribution in [0.4, 0.5) is 0 Å². The maximum atomic E-state index is 10.3. The fraction of sp³-hybridized carbons (Fsp3) is 0.833. The second kappa shape index (κ2) is 3.78. The Morgan fingerprint density at radius 3 is 2.50 bits per heavy atom. The summed E-state index contributed by atoms with van der Waals surface area (Å²) in [6, 6.07) is 0. The van der Waals surface area contributed by atoms with Crippen molar-refractivity contribution in [2.45, 2.75) is 26.3 Å². The standard InChI is InChI=1S/C6H12ClNO2/c1-5(9)10-4-6(2,3)8-7/h8H,4H2,1-3H3. The zero-order valence-corrected chi connectivity index (χ0v) is 7.16. The third kappa shape index (κ3) is 4.58. The van der Waals surface area contributed by atoms with Gasteiger partial charge in [0.25, 0.3) is 0 Å². The predicted molar refractivity (Wildman–Crippen MR) is 39.7 cm³/mol. The number of nitrogens with one attached hydrogen (secondary N) is 1. The average molecular weight is 166 g/mol. The molecule has 0 aromatic rings. The van der Waals surface area contributed by atoms with Crippen molar-refractivity contribution >= 4 is 17.7 Å². The highest BCUT2D eigenvalue weighted by Crippen LogP contribution is 2.03. The minimum absolute atomic E-state index is 0.284. The van der Waals surface area contributed by atoms with Crippen molar-refractivity contribution in [3.8, 4) is 0 Å². The first-order valence-electron chi connectivity index (χ1n) is 2.99. The number of hydrogen-bond acceptors (Lipinski definition) is 3. The van der Waals surface area contributed by atoms with E-state index in [2.05, 4.69) is 4.84 Å². The Balaban J connectivity index is 3.56. The summed E-state index contributed by atoms with van der Waals surface area (Å²) in [7, 11) is 0. The van der Waals surface area contributed by atoms with Crippen LogP contribution in [0.2, 0.25) is 0 Å². The summed E-state index contributed by atoms with van der Waals surface area (Å²) in [4.78, 5) is 12.8. The van der Waals surface area contributed by atoms with Gasteiger partial charge in [-0.3, -0.25) is 4.79 Å². The van der Waals surface area contributed by atoms with Crippen LogP contribution in [-0.2, 0) is 9.53 Å². The molecule has 60 valence electrons. The highest BCUT2D eigenvalue weighted by atomic mass is 35.5. The monoisotopic (exact) mass is 165 g/mol. The van der Waals surface area contributed by atoms with E-state index in [-0.39, 0.29) is 18.1 Å². The molecule has 0 unspecified atom stereocenters. The van der Waals surface area contributed by atoms with E-state index >= 15 is 0 Å². The van der Waals surface area contributed by atoms with Gasteiger partial charge in [0.1, 0.15) is 6.61 Å². The van der Waals surface area contributed by atoms with E-state index in [1.54, 1.807) is 0 Å². The fourth-order valence-corrected chi connectivity index (χ4v) is 0.364. The minimum atomic E-state index is -0.354. The molecule has 1 N–H and O–H groups in total. The van der Waals surface area contributed by atoms with Crippen LogP contribution in [0.5, 0.6) is 0 Å². The highest BCUT2D eigenvalue weighted by Gasteiger charge is 2.16. The molecule has 0 saturated heterocycles. The van der Waals surface area contributed by atoms with Gasteiger partial charge < -0.3 is 4.74 Å². The Morgan fingerprint density at radius 1 is 1.70 bits per heavy atom. The molecule has 0 aliphatic heterocycles. The van der Waals surface area contributed by atoms with Crippen molar-refractivity contribution in [2.24, 2.45) is 0 Å². The van der Waals surface area contributed by atoms with Crippen molar-refractivity contribution in [1.29, 1.82) is 0 Å². The van der Waals surface area contributed by atoms with Crippen LogP contribution in [0.3, 0.4) is 0 Å². The van der Waals surface area contributed by atoms with Gasteiger partial charge in [-0.1, -0.05) is 0 Å². The van der Waals surface area contributed by atoms with Crippen LogP contribution in [0.15, 0.2) is 0 Å². The molecule has 0 amide bonds. The molecule has 4 heteroatoms. The lowest BCUT2D eigenvalue weighted by Crippen LogP contribution is -2.38. The molecule has 0 spiro atoms. The van der Waals surface area contributed by atoms with Crippen molar-refractivity contribution < 1.29 is 9.53 Å². The second-order valence-corrected chi connectivity index (χ2v) is 2.95. The average Bonchev–Trinajstić information content (AvgIpc) is 1.85. The number of carbonyl (C=O) groups excluding carboxylic acids is 1. The molecule has 10 heavy (non-hydrogen) atoms. The van der Waals surface area contributed by atoms with Crippen LogP contribution < -0.4 is 4.84 Å². The van der Waals surface area contributed by atoms with E-state index in [1.807, 2.05) is 13.8 Å². The first-order valence-corrected chi connectivity index (χ1v) is 3.37. The number of ether oxygens (including phenoxy) is 1. The zero-order chi connectivity index (χ0) is 8.20. The molecule has 0 aliphatic carbocycles. The quantitative estimate of drug-likeness (QED) is 0.502. The molecular weight excluding hydrogens is 154 g/mol. The van der Waals surface area contributed by atoms with Crippen LogP contribution in [0.1, 0.15) is 20.8 Å². The van der Waals surface area contributed by atoms with Gasteiger partial charge in [0.05, 0.1) is 5.54 Å². The summed E-state index contributed by atoms with van der Waals surface area (Å²) in [5, 5.41) is 0. The Hall–Kier alpha value is -0.280. The number of hydrogen-bond donors (Lipinski definition) is 1. The van der Waals surface area contributed by atoms with Gasteiger partial charge in [0.15, 0.2) is 0 Å². The highest BCUT2D eigenvalue weighted by molar-refractivity contribution is 6.13. The van der Waals surface area contributed by atoms with E-state index in [1.165, 1.54) is 6.92 Å². The summed E-state index contributed by atoms with van der Waals surface area (Å²) >= 11 is 5.34. The molecular formula is C6H12ClNO2. The maximum Gasteiger partial charge on any atom is 0.302 e. The molecule has 0 aromatic carbocycles. The Bertz CT molecular complexity index is 125. The topological polar surface area (TPSA) is 38.3 Å². The summed E-state index contributed by atoms with van der Waals surface area (Å²) in [6.07, 6.45) is 0. The zero-order valence-electron chi connectivity index (χ0n) is 6.40. The van der Waals surface area contributed by atoms with Crippen LogP contribution in [0.25, 0.3) is 0 Å². The molecule has 0 radical (unpaired) electrons. The fourth-order valence-electron chi connectivity index (χ4n) is 0.309. The van der Waals surface area contributed by atoms with Gasteiger partial charge in [-0.25, -0.2) is 4.84 Å². The van der Waals surface area contributed by atoms with Gasteiger partial charge >= 0.3 is 5.97 Å². The lowest BCUT2D eigenvalue weighted by Gasteiger charge is -2.20. The molecule has 0 aromatic heterocycles. The van der Waals surface area contributed by atoms with Crippen molar-refractivity contribution in [2.75, 3.05) is 6.61 Å². The van der Waals surface area contributed by atoms with E-state index in [0.717, 1.165) is 0 Å². The van der Waals surface area contributed by atoms with Crippen molar-refractivity contribution in [3.63, 3.8) is 0 Å². The number of esters is 1. The largest absolute Gasteiger partial charge is 0.464 e. The van der Waals surface area contributed by atoms with Gasteiger partial charge in [0, 0.05) is 6.92 Å². The predicted octanol–water partition coefficient (Wildman–Crippen LogP) is 1.07. The Morgan fingerprint density at radius 2 is 2.20 bits per heavy atom.